The average molecular weight is 132 g/mol. The number of hydrogen-bond acceptors (Lipinski definition) is 3. The Balaban J connectivity index is 2.28. The van der Waals surface area contributed by atoms with Crippen LogP contribution in [-0.2, 0) is 0 Å². The summed E-state index contributed by atoms with van der Waals surface area (Å²) in [4.78, 5) is 0. The smallest absolute Gasteiger partial charge is 0.0587 e. The zero-order valence-corrected chi connectivity index (χ0v) is 6.24. The Bertz CT molecular complexity index is 66.8. The maximum atomic E-state index is 2.25. The predicted molar refractivity (Wildman–Crippen MR) is 37.7 cm³/mol. The summed E-state index contributed by atoms with van der Waals surface area (Å²) in [6.45, 7) is 1.20. The van der Waals surface area contributed by atoms with Gasteiger partial charge in [0, 0.05) is 26.4 Å². The fourth-order valence-corrected chi connectivity index (χ4v) is 1.65. The number of nitrogens with zero attached hydrogens (tertiary/aromatic N) is 2. The maximum Gasteiger partial charge on any atom is 0.0587 e. The average Bonchev–Trinajstić information content (AvgIpc) is 1.77. The van der Waals surface area contributed by atoms with Crippen LogP contribution < -0.4 is 0 Å². The molecule has 0 aromatic carbocycles. The lowest BCUT2D eigenvalue weighted by Gasteiger charge is -2.31. The minimum atomic E-state index is 1.15. The molecule has 3 heteroatoms. The molecule has 0 amide bonds. The summed E-state index contributed by atoms with van der Waals surface area (Å²) in [5.74, 6) is 2.43. The van der Waals surface area contributed by atoms with Gasteiger partial charge in [-0.15, -0.1) is 11.8 Å². The van der Waals surface area contributed by atoms with Gasteiger partial charge in [-0.25, -0.2) is 10.0 Å². The molecule has 1 heterocycles. The summed E-state index contributed by atoms with van der Waals surface area (Å²) in [5, 5.41) is 4.48. The van der Waals surface area contributed by atoms with Gasteiger partial charge in [0.15, 0.2) is 0 Å². The second kappa shape index (κ2) is 2.71. The molecule has 0 unspecified atom stereocenters. The van der Waals surface area contributed by atoms with Crippen LogP contribution in [0.15, 0.2) is 0 Å². The highest BCUT2D eigenvalue weighted by Gasteiger charge is 2.09. The van der Waals surface area contributed by atoms with Crippen LogP contribution in [-0.4, -0.2) is 42.3 Å². The van der Waals surface area contributed by atoms with Crippen molar-refractivity contribution in [2.24, 2.45) is 0 Å². The third kappa shape index (κ3) is 1.37. The molecule has 2 nitrogen and oxygen atoms in total. The first-order chi connectivity index (χ1) is 3.80. The lowest BCUT2D eigenvalue weighted by molar-refractivity contribution is 0.0501. The number of thioether (sulfide) groups is 1. The molecule has 0 spiro atoms. The van der Waals surface area contributed by atoms with Crippen LogP contribution in [0.3, 0.4) is 0 Å². The van der Waals surface area contributed by atoms with Crippen molar-refractivity contribution in [2.75, 3.05) is 32.3 Å². The lowest BCUT2D eigenvalue weighted by Crippen LogP contribution is -2.41. The van der Waals surface area contributed by atoms with Gasteiger partial charge in [-0.1, -0.05) is 0 Å². The highest BCUT2D eigenvalue weighted by Crippen LogP contribution is 2.09. The molecule has 0 atom stereocenters. The molecule has 1 saturated heterocycles. The fourth-order valence-electron chi connectivity index (χ4n) is 0.663. The van der Waals surface area contributed by atoms with Crippen LogP contribution in [0.1, 0.15) is 0 Å². The van der Waals surface area contributed by atoms with Crippen molar-refractivity contribution < 1.29 is 0 Å². The quantitative estimate of drug-likeness (QED) is 0.473. The molecule has 1 rings (SSSR count). The van der Waals surface area contributed by atoms with E-state index >= 15 is 0 Å². The van der Waals surface area contributed by atoms with E-state index in [0.717, 1.165) is 5.88 Å². The molecule has 0 radical (unpaired) electrons. The normalized spacial score (nSPS) is 26.2. The Kier molecular flexibility index (Phi) is 2.16. The van der Waals surface area contributed by atoms with Gasteiger partial charge in [-0.3, -0.25) is 0 Å². The fraction of sp³-hybridized carbons (Fsp3) is 1.00. The van der Waals surface area contributed by atoms with Crippen LogP contribution in [0, 0.1) is 0 Å². The van der Waals surface area contributed by atoms with Crippen LogP contribution in [0.5, 0.6) is 0 Å². The molecule has 0 saturated carbocycles. The molecule has 0 aromatic heterocycles. The lowest BCUT2D eigenvalue weighted by atomic mass is 10.7. The van der Waals surface area contributed by atoms with E-state index in [4.69, 9.17) is 0 Å². The van der Waals surface area contributed by atoms with Gasteiger partial charge in [0.05, 0.1) is 5.88 Å². The molecule has 48 valence electrons. The van der Waals surface area contributed by atoms with Gasteiger partial charge in [0.2, 0.25) is 0 Å². The van der Waals surface area contributed by atoms with Gasteiger partial charge < -0.3 is 0 Å². The molecule has 1 fully saturated rings. The monoisotopic (exact) mass is 132 g/mol. The van der Waals surface area contributed by atoms with E-state index in [1.54, 1.807) is 0 Å². The van der Waals surface area contributed by atoms with Crippen molar-refractivity contribution in [1.29, 1.82) is 0 Å². The second-order valence-electron chi connectivity index (χ2n) is 2.08. The van der Waals surface area contributed by atoms with Gasteiger partial charge in [0.1, 0.15) is 0 Å². The van der Waals surface area contributed by atoms with E-state index < -0.39 is 0 Å². The van der Waals surface area contributed by atoms with E-state index in [-0.39, 0.29) is 0 Å². The van der Waals surface area contributed by atoms with Crippen LogP contribution in [0.25, 0.3) is 0 Å². The predicted octanol–water partition coefficient (Wildman–Crippen LogP) is 0.469. The molecule has 0 N–H and O–H groups in total. The molecule has 0 aromatic rings. The Labute approximate surface area is 54.8 Å². The highest BCUT2D eigenvalue weighted by atomic mass is 32.2. The molecule has 0 bridgehead atoms. The van der Waals surface area contributed by atoms with Crippen molar-refractivity contribution in [3.63, 3.8) is 0 Å². The van der Waals surface area contributed by atoms with Gasteiger partial charge in [-0.2, -0.15) is 0 Å². The summed E-state index contributed by atoms with van der Waals surface area (Å²) in [6.07, 6.45) is 0. The highest BCUT2D eigenvalue weighted by molar-refractivity contribution is 7.99. The molecule has 1 aliphatic heterocycles. The largest absolute Gasteiger partial charge is 0.244 e. The van der Waals surface area contributed by atoms with Crippen molar-refractivity contribution in [2.45, 2.75) is 0 Å². The number of hydrogen-bond donors (Lipinski definition) is 0. The zero-order chi connectivity index (χ0) is 5.98. The first-order valence-corrected chi connectivity index (χ1v) is 3.96. The van der Waals surface area contributed by atoms with E-state index in [1.165, 1.54) is 12.3 Å². The summed E-state index contributed by atoms with van der Waals surface area (Å²) in [6, 6.07) is 0. The molecular weight excluding hydrogens is 120 g/mol. The maximum absolute atomic E-state index is 2.25. The summed E-state index contributed by atoms with van der Waals surface area (Å²) >= 11 is 1.99. The molecular formula is C5H12N2S. The van der Waals surface area contributed by atoms with Crippen molar-refractivity contribution >= 4 is 11.8 Å². The number of rotatable bonds is 0. The third-order valence-corrected chi connectivity index (χ3v) is 2.45. The van der Waals surface area contributed by atoms with Crippen molar-refractivity contribution in [3.05, 3.63) is 0 Å². The van der Waals surface area contributed by atoms with E-state index in [0.29, 0.717) is 0 Å². The second-order valence-corrected chi connectivity index (χ2v) is 3.15. The standard InChI is InChI=1S/C5H12N2S/c1-6-3-4-8-5-7(6)2/h3-5H2,1-2H3. The topological polar surface area (TPSA) is 6.48 Å². The van der Waals surface area contributed by atoms with Gasteiger partial charge in [-0.05, 0) is 0 Å². The SMILES string of the molecule is CN1CCSCN1C. The van der Waals surface area contributed by atoms with Gasteiger partial charge >= 0.3 is 0 Å². The van der Waals surface area contributed by atoms with E-state index in [2.05, 4.69) is 24.1 Å². The Morgan fingerprint density at radius 3 is 2.38 bits per heavy atom. The van der Waals surface area contributed by atoms with E-state index in [9.17, 15) is 0 Å². The molecule has 1 aliphatic rings. The number of hydrazine groups is 1. The van der Waals surface area contributed by atoms with Crippen LogP contribution in [0.2, 0.25) is 0 Å². The van der Waals surface area contributed by atoms with E-state index in [1.807, 2.05) is 11.8 Å². The first-order valence-electron chi connectivity index (χ1n) is 2.80. The molecule has 0 aliphatic carbocycles. The van der Waals surface area contributed by atoms with Crippen molar-refractivity contribution in [3.8, 4) is 0 Å². The minimum absolute atomic E-state index is 1.15. The summed E-state index contributed by atoms with van der Waals surface area (Å²) < 4.78 is 0. The molecule has 8 heavy (non-hydrogen) atoms. The summed E-state index contributed by atoms with van der Waals surface area (Å²) in [7, 11) is 4.24. The van der Waals surface area contributed by atoms with Crippen LogP contribution >= 0.6 is 11.8 Å². The Morgan fingerprint density at radius 2 is 2.00 bits per heavy atom. The van der Waals surface area contributed by atoms with Crippen molar-refractivity contribution in [1.82, 2.24) is 10.0 Å². The Hall–Kier alpha value is 0.270. The van der Waals surface area contributed by atoms with Crippen LogP contribution in [0.4, 0.5) is 0 Å². The first kappa shape index (κ1) is 6.39. The van der Waals surface area contributed by atoms with Gasteiger partial charge in [0.25, 0.3) is 0 Å². The Morgan fingerprint density at radius 1 is 1.25 bits per heavy atom. The third-order valence-electron chi connectivity index (χ3n) is 1.42. The summed E-state index contributed by atoms with van der Waals surface area (Å²) in [5.41, 5.74) is 0. The zero-order valence-electron chi connectivity index (χ0n) is 5.42. The minimum Gasteiger partial charge on any atom is -0.244 e.